The Morgan fingerprint density at radius 3 is 2.28 bits per heavy atom. The molecule has 3 amide bonds. The van der Waals surface area contributed by atoms with E-state index in [2.05, 4.69) is 16.2 Å². The minimum Gasteiger partial charge on any atom is -0.481 e. The Hall–Kier alpha value is -3.35. The van der Waals surface area contributed by atoms with Gasteiger partial charge in [-0.25, -0.2) is 0 Å². The van der Waals surface area contributed by atoms with E-state index in [1.807, 2.05) is 57.2 Å². The highest BCUT2D eigenvalue weighted by molar-refractivity contribution is 5.94. The van der Waals surface area contributed by atoms with E-state index in [9.17, 15) is 14.4 Å². The summed E-state index contributed by atoms with van der Waals surface area (Å²) in [5, 5.41) is 2.78. The van der Waals surface area contributed by atoms with Crippen LogP contribution in [-0.2, 0) is 14.4 Å². The quantitative estimate of drug-likeness (QED) is 0.626. The number of hydrogen-bond acceptors (Lipinski definition) is 4. The summed E-state index contributed by atoms with van der Waals surface area (Å²) in [5.41, 5.74) is 8.31. The van der Waals surface area contributed by atoms with Crippen LogP contribution in [0.1, 0.15) is 36.5 Å². The number of amides is 3. The zero-order valence-electron chi connectivity index (χ0n) is 17.2. The molecule has 2 aromatic carbocycles. The summed E-state index contributed by atoms with van der Waals surface area (Å²) in [7, 11) is 0. The fourth-order valence-corrected chi connectivity index (χ4v) is 2.62. The summed E-state index contributed by atoms with van der Waals surface area (Å²) in [6, 6.07) is 13.1. The van der Waals surface area contributed by atoms with Gasteiger partial charge < -0.3 is 10.1 Å². The third-order valence-corrected chi connectivity index (χ3v) is 4.33. The number of aryl methyl sites for hydroxylation is 3. The van der Waals surface area contributed by atoms with Crippen LogP contribution in [0.15, 0.2) is 42.5 Å². The zero-order chi connectivity index (χ0) is 21.4. The molecule has 154 valence electrons. The van der Waals surface area contributed by atoms with E-state index >= 15 is 0 Å². The van der Waals surface area contributed by atoms with Gasteiger partial charge in [0.15, 0.2) is 6.10 Å². The van der Waals surface area contributed by atoms with Crippen molar-refractivity contribution in [2.45, 2.75) is 46.6 Å². The van der Waals surface area contributed by atoms with Crippen LogP contribution >= 0.6 is 0 Å². The number of anilines is 1. The standard InChI is InChI=1S/C22H27N3O4/c1-14-9-10-18(16(3)13-14)23-20(26)11-12-21(27)24-25-22(28)17(4)29-19-8-6-5-7-15(19)2/h5-10,13,17H,11-12H2,1-4H3,(H,23,26)(H,24,27)(H,25,28). The van der Waals surface area contributed by atoms with Gasteiger partial charge in [-0.1, -0.05) is 35.9 Å². The molecule has 7 heteroatoms. The average Bonchev–Trinajstić information content (AvgIpc) is 2.68. The summed E-state index contributed by atoms with van der Waals surface area (Å²) in [6.45, 7) is 7.35. The van der Waals surface area contributed by atoms with Crippen LogP contribution in [-0.4, -0.2) is 23.8 Å². The number of hydrogen-bond donors (Lipinski definition) is 3. The molecule has 0 fully saturated rings. The summed E-state index contributed by atoms with van der Waals surface area (Å²) in [6.07, 6.45) is -0.835. The monoisotopic (exact) mass is 397 g/mol. The molecule has 0 aliphatic heterocycles. The Bertz CT molecular complexity index is 895. The smallest absolute Gasteiger partial charge is 0.279 e. The Labute approximate surface area is 170 Å². The van der Waals surface area contributed by atoms with Crippen LogP contribution in [0.3, 0.4) is 0 Å². The molecule has 0 aliphatic rings. The van der Waals surface area contributed by atoms with Crippen molar-refractivity contribution in [3.63, 3.8) is 0 Å². The van der Waals surface area contributed by atoms with Crippen molar-refractivity contribution in [3.05, 3.63) is 59.2 Å². The molecule has 0 saturated heterocycles. The van der Waals surface area contributed by atoms with Crippen molar-refractivity contribution < 1.29 is 19.1 Å². The predicted octanol–water partition coefficient (Wildman–Crippen LogP) is 2.95. The molecule has 0 aromatic heterocycles. The highest BCUT2D eigenvalue weighted by Crippen LogP contribution is 2.18. The normalized spacial score (nSPS) is 11.3. The van der Waals surface area contributed by atoms with E-state index in [1.165, 1.54) is 0 Å². The van der Waals surface area contributed by atoms with Crippen LogP contribution in [0.25, 0.3) is 0 Å². The summed E-state index contributed by atoms with van der Waals surface area (Å²) >= 11 is 0. The fraction of sp³-hybridized carbons (Fsp3) is 0.318. The first-order valence-corrected chi connectivity index (χ1v) is 9.44. The topological polar surface area (TPSA) is 96.5 Å². The van der Waals surface area contributed by atoms with E-state index in [1.54, 1.807) is 13.0 Å². The number of para-hydroxylation sites is 1. The second kappa shape index (κ2) is 10.3. The molecule has 2 aromatic rings. The second-order valence-corrected chi connectivity index (χ2v) is 6.93. The van der Waals surface area contributed by atoms with Crippen LogP contribution in [0.5, 0.6) is 5.75 Å². The lowest BCUT2D eigenvalue weighted by Gasteiger charge is -2.16. The predicted molar refractivity (Wildman–Crippen MR) is 111 cm³/mol. The van der Waals surface area contributed by atoms with Gasteiger partial charge in [0.2, 0.25) is 11.8 Å². The maximum absolute atomic E-state index is 12.1. The van der Waals surface area contributed by atoms with Crippen LogP contribution in [0.2, 0.25) is 0 Å². The summed E-state index contributed by atoms with van der Waals surface area (Å²) in [4.78, 5) is 36.0. The van der Waals surface area contributed by atoms with Gasteiger partial charge in [0.1, 0.15) is 5.75 Å². The maximum Gasteiger partial charge on any atom is 0.279 e. The first kappa shape index (κ1) is 21.9. The van der Waals surface area contributed by atoms with Crippen molar-refractivity contribution >= 4 is 23.4 Å². The fourth-order valence-electron chi connectivity index (χ4n) is 2.62. The third kappa shape index (κ3) is 6.95. The summed E-state index contributed by atoms with van der Waals surface area (Å²) in [5.74, 6) is -0.613. The van der Waals surface area contributed by atoms with E-state index in [4.69, 9.17) is 4.74 Å². The van der Waals surface area contributed by atoms with Crippen molar-refractivity contribution in [1.82, 2.24) is 10.9 Å². The Morgan fingerprint density at radius 2 is 1.59 bits per heavy atom. The third-order valence-electron chi connectivity index (χ3n) is 4.33. The molecule has 0 radical (unpaired) electrons. The van der Waals surface area contributed by atoms with Gasteiger partial charge in [-0.15, -0.1) is 0 Å². The summed E-state index contributed by atoms with van der Waals surface area (Å²) < 4.78 is 5.60. The van der Waals surface area contributed by atoms with Gasteiger partial charge in [-0.3, -0.25) is 25.2 Å². The average molecular weight is 397 g/mol. The van der Waals surface area contributed by atoms with Crippen molar-refractivity contribution in [3.8, 4) is 5.75 Å². The first-order valence-electron chi connectivity index (χ1n) is 9.44. The van der Waals surface area contributed by atoms with Gasteiger partial charge >= 0.3 is 0 Å². The number of carbonyl (C=O) groups excluding carboxylic acids is 3. The minimum atomic E-state index is -0.788. The molecule has 3 N–H and O–H groups in total. The molecule has 1 unspecified atom stereocenters. The Morgan fingerprint density at radius 1 is 0.897 bits per heavy atom. The molecule has 29 heavy (non-hydrogen) atoms. The molecule has 0 bridgehead atoms. The number of ether oxygens (including phenoxy) is 1. The lowest BCUT2D eigenvalue weighted by molar-refractivity contribution is -0.133. The van der Waals surface area contributed by atoms with Crippen LogP contribution in [0, 0.1) is 20.8 Å². The molecule has 2 rings (SSSR count). The zero-order valence-corrected chi connectivity index (χ0v) is 17.2. The van der Waals surface area contributed by atoms with Crippen molar-refractivity contribution in [2.24, 2.45) is 0 Å². The first-order chi connectivity index (χ1) is 13.8. The van der Waals surface area contributed by atoms with E-state index < -0.39 is 17.9 Å². The van der Waals surface area contributed by atoms with Crippen molar-refractivity contribution in [2.75, 3.05) is 5.32 Å². The minimum absolute atomic E-state index is 0.00425. The molecule has 0 saturated carbocycles. The number of hydrazine groups is 1. The van der Waals surface area contributed by atoms with E-state index in [0.717, 1.165) is 22.4 Å². The van der Waals surface area contributed by atoms with Gasteiger partial charge in [-0.2, -0.15) is 0 Å². The molecular formula is C22H27N3O4. The van der Waals surface area contributed by atoms with Crippen molar-refractivity contribution in [1.29, 1.82) is 0 Å². The number of rotatable bonds is 7. The van der Waals surface area contributed by atoms with Gasteiger partial charge in [0.05, 0.1) is 0 Å². The molecule has 0 heterocycles. The molecule has 7 nitrogen and oxygen atoms in total. The molecular weight excluding hydrogens is 370 g/mol. The number of nitrogens with one attached hydrogen (secondary N) is 3. The van der Waals surface area contributed by atoms with Gasteiger partial charge in [0, 0.05) is 18.5 Å². The SMILES string of the molecule is Cc1ccc(NC(=O)CCC(=O)NNC(=O)C(C)Oc2ccccc2C)c(C)c1. The lowest BCUT2D eigenvalue weighted by Crippen LogP contribution is -2.47. The molecule has 1 atom stereocenters. The molecule has 0 aliphatic carbocycles. The Kier molecular flexibility index (Phi) is 7.77. The highest BCUT2D eigenvalue weighted by Gasteiger charge is 2.16. The van der Waals surface area contributed by atoms with Gasteiger partial charge in [-0.05, 0) is 51.0 Å². The van der Waals surface area contributed by atoms with E-state index in [-0.39, 0.29) is 18.7 Å². The van der Waals surface area contributed by atoms with Gasteiger partial charge in [0.25, 0.3) is 5.91 Å². The number of benzene rings is 2. The highest BCUT2D eigenvalue weighted by atomic mass is 16.5. The largest absolute Gasteiger partial charge is 0.481 e. The number of carbonyl (C=O) groups is 3. The van der Waals surface area contributed by atoms with Crippen LogP contribution in [0.4, 0.5) is 5.69 Å². The maximum atomic E-state index is 12.1. The second-order valence-electron chi connectivity index (χ2n) is 6.93. The Balaban J connectivity index is 1.72. The van der Waals surface area contributed by atoms with E-state index in [0.29, 0.717) is 5.75 Å². The lowest BCUT2D eigenvalue weighted by atomic mass is 10.1. The van der Waals surface area contributed by atoms with Crippen LogP contribution < -0.4 is 20.9 Å². The molecule has 0 spiro atoms.